The molecule has 20 heavy (non-hydrogen) atoms. The van der Waals surface area contributed by atoms with E-state index in [1.165, 1.54) is 25.7 Å². The summed E-state index contributed by atoms with van der Waals surface area (Å²) in [6.07, 6.45) is 7.54. The van der Waals surface area contributed by atoms with Crippen molar-refractivity contribution in [2.75, 3.05) is 0 Å². The molecule has 4 amide bonds. The monoisotopic (exact) mass is 279 g/mol. The summed E-state index contributed by atoms with van der Waals surface area (Å²) in [5, 5.41) is 7.91. The lowest BCUT2D eigenvalue weighted by Gasteiger charge is -2.26. The second-order valence-electron chi connectivity index (χ2n) is 6.24. The number of urea groups is 1. The molecule has 3 aliphatic rings. The standard InChI is InChI=1S/C14H21N3O3/c18-11-6-5-10(15-13(20)16-11)12(19)17-14(7-8-14)9-3-1-2-4-9/h9-10H,1-8H2,(H,17,19)(H2,15,16,18,20). The third kappa shape index (κ3) is 2.64. The minimum absolute atomic E-state index is 0.0257. The molecule has 6 heteroatoms. The van der Waals surface area contributed by atoms with E-state index in [1.54, 1.807) is 0 Å². The van der Waals surface area contributed by atoms with Gasteiger partial charge in [-0.2, -0.15) is 0 Å². The number of amides is 4. The molecule has 0 aromatic carbocycles. The number of nitrogens with one attached hydrogen (secondary N) is 3. The van der Waals surface area contributed by atoms with Crippen molar-refractivity contribution in [3.05, 3.63) is 0 Å². The van der Waals surface area contributed by atoms with Gasteiger partial charge in [-0.3, -0.25) is 14.9 Å². The van der Waals surface area contributed by atoms with Crippen molar-refractivity contribution >= 4 is 17.8 Å². The highest BCUT2D eigenvalue weighted by atomic mass is 16.2. The Hall–Kier alpha value is -1.59. The van der Waals surface area contributed by atoms with Gasteiger partial charge in [0.05, 0.1) is 0 Å². The third-order valence-corrected chi connectivity index (χ3v) is 4.83. The number of imide groups is 1. The second kappa shape index (κ2) is 5.07. The molecule has 6 nitrogen and oxygen atoms in total. The van der Waals surface area contributed by atoms with Gasteiger partial charge >= 0.3 is 6.03 Å². The molecule has 3 fully saturated rings. The molecule has 1 unspecified atom stereocenters. The van der Waals surface area contributed by atoms with Gasteiger partial charge in [-0.15, -0.1) is 0 Å². The third-order valence-electron chi connectivity index (χ3n) is 4.83. The lowest BCUT2D eigenvalue weighted by Crippen LogP contribution is -2.52. The highest BCUT2D eigenvalue weighted by Crippen LogP contribution is 2.49. The molecule has 0 aromatic heterocycles. The molecule has 0 spiro atoms. The van der Waals surface area contributed by atoms with Gasteiger partial charge in [-0.25, -0.2) is 4.79 Å². The first-order valence-electron chi connectivity index (χ1n) is 7.51. The van der Waals surface area contributed by atoms with Crippen LogP contribution in [0, 0.1) is 5.92 Å². The Morgan fingerprint density at radius 3 is 2.50 bits per heavy atom. The summed E-state index contributed by atoms with van der Waals surface area (Å²) in [7, 11) is 0. The molecule has 1 atom stereocenters. The van der Waals surface area contributed by atoms with Gasteiger partial charge in [0.2, 0.25) is 11.8 Å². The lowest BCUT2D eigenvalue weighted by atomic mass is 9.95. The van der Waals surface area contributed by atoms with E-state index in [9.17, 15) is 14.4 Å². The topological polar surface area (TPSA) is 87.3 Å². The average molecular weight is 279 g/mol. The number of hydrogen-bond acceptors (Lipinski definition) is 3. The molecule has 0 radical (unpaired) electrons. The molecular weight excluding hydrogens is 258 g/mol. The summed E-state index contributed by atoms with van der Waals surface area (Å²) >= 11 is 0. The smallest absolute Gasteiger partial charge is 0.322 e. The summed E-state index contributed by atoms with van der Waals surface area (Å²) in [6, 6.07) is -1.17. The van der Waals surface area contributed by atoms with Crippen molar-refractivity contribution < 1.29 is 14.4 Å². The van der Waals surface area contributed by atoms with Gasteiger partial charge in [0.15, 0.2) is 0 Å². The van der Waals surface area contributed by atoms with Crippen LogP contribution in [-0.2, 0) is 9.59 Å². The Labute approximate surface area is 118 Å². The Bertz CT molecular complexity index is 439. The minimum atomic E-state index is -0.597. The highest BCUT2D eigenvalue weighted by molar-refractivity contribution is 5.98. The van der Waals surface area contributed by atoms with Gasteiger partial charge in [0, 0.05) is 12.0 Å². The summed E-state index contributed by atoms with van der Waals surface area (Å²) in [4.78, 5) is 35.0. The Kier molecular flexibility index (Phi) is 3.40. The highest BCUT2D eigenvalue weighted by Gasteiger charge is 2.51. The first-order chi connectivity index (χ1) is 9.59. The van der Waals surface area contributed by atoms with E-state index in [2.05, 4.69) is 16.0 Å². The number of hydrogen-bond donors (Lipinski definition) is 3. The first kappa shape index (κ1) is 13.4. The zero-order valence-corrected chi connectivity index (χ0v) is 11.5. The Balaban J connectivity index is 1.61. The van der Waals surface area contributed by atoms with Crippen molar-refractivity contribution in [2.45, 2.75) is 62.9 Å². The van der Waals surface area contributed by atoms with Crippen molar-refractivity contribution in [1.82, 2.24) is 16.0 Å². The van der Waals surface area contributed by atoms with Gasteiger partial charge in [-0.05, 0) is 38.0 Å². The van der Waals surface area contributed by atoms with Gasteiger partial charge in [-0.1, -0.05) is 12.8 Å². The molecule has 0 bridgehead atoms. The van der Waals surface area contributed by atoms with Crippen LogP contribution in [-0.4, -0.2) is 29.4 Å². The minimum Gasteiger partial charge on any atom is -0.349 e. The maximum Gasteiger partial charge on any atom is 0.322 e. The molecule has 1 saturated heterocycles. The van der Waals surface area contributed by atoms with Crippen LogP contribution < -0.4 is 16.0 Å². The normalized spacial score (nSPS) is 29.3. The van der Waals surface area contributed by atoms with E-state index < -0.39 is 12.1 Å². The van der Waals surface area contributed by atoms with E-state index in [0.717, 1.165) is 12.8 Å². The zero-order chi connectivity index (χ0) is 14.2. The largest absolute Gasteiger partial charge is 0.349 e. The fourth-order valence-electron chi connectivity index (χ4n) is 3.51. The maximum atomic E-state index is 12.4. The Morgan fingerprint density at radius 1 is 1.15 bits per heavy atom. The molecule has 110 valence electrons. The Morgan fingerprint density at radius 2 is 1.85 bits per heavy atom. The van der Waals surface area contributed by atoms with Crippen LogP contribution in [0.25, 0.3) is 0 Å². The van der Waals surface area contributed by atoms with E-state index in [4.69, 9.17) is 0 Å². The second-order valence-corrected chi connectivity index (χ2v) is 6.24. The van der Waals surface area contributed by atoms with Crippen molar-refractivity contribution in [3.8, 4) is 0 Å². The van der Waals surface area contributed by atoms with Crippen molar-refractivity contribution in [3.63, 3.8) is 0 Å². The van der Waals surface area contributed by atoms with Crippen LogP contribution in [0.1, 0.15) is 51.4 Å². The molecule has 2 aliphatic carbocycles. The first-order valence-corrected chi connectivity index (χ1v) is 7.51. The summed E-state index contributed by atoms with van der Waals surface area (Å²) in [5.74, 6) is 0.127. The SMILES string of the molecule is O=C1CCC(C(=O)NC2(C3CCCC3)CC2)NC(=O)N1. The number of carbonyl (C=O) groups excluding carboxylic acids is 3. The van der Waals surface area contributed by atoms with Gasteiger partial charge < -0.3 is 10.6 Å². The fraction of sp³-hybridized carbons (Fsp3) is 0.786. The molecule has 1 heterocycles. The maximum absolute atomic E-state index is 12.4. The van der Waals surface area contributed by atoms with Crippen LogP contribution in [0.4, 0.5) is 4.79 Å². The molecule has 3 N–H and O–H groups in total. The van der Waals surface area contributed by atoms with E-state index in [-0.39, 0.29) is 23.8 Å². The predicted octanol–water partition coefficient (Wildman–Crippen LogP) is 0.814. The molecule has 1 aliphatic heterocycles. The fourth-order valence-corrected chi connectivity index (χ4v) is 3.51. The van der Waals surface area contributed by atoms with Gasteiger partial charge in [0.25, 0.3) is 0 Å². The van der Waals surface area contributed by atoms with E-state index >= 15 is 0 Å². The average Bonchev–Trinajstić information content (AvgIpc) is 3.01. The van der Waals surface area contributed by atoms with Crippen molar-refractivity contribution in [1.29, 1.82) is 0 Å². The van der Waals surface area contributed by atoms with E-state index in [1.807, 2.05) is 0 Å². The van der Waals surface area contributed by atoms with Crippen LogP contribution in [0.2, 0.25) is 0 Å². The van der Waals surface area contributed by atoms with Crippen LogP contribution >= 0.6 is 0 Å². The summed E-state index contributed by atoms with van der Waals surface area (Å²) in [5.41, 5.74) is -0.0257. The van der Waals surface area contributed by atoms with Crippen molar-refractivity contribution in [2.24, 2.45) is 5.92 Å². The van der Waals surface area contributed by atoms with E-state index in [0.29, 0.717) is 12.3 Å². The molecular formula is C14H21N3O3. The summed E-state index contributed by atoms with van der Waals surface area (Å²) in [6.45, 7) is 0. The number of rotatable bonds is 3. The van der Waals surface area contributed by atoms with Crippen LogP contribution in [0.5, 0.6) is 0 Å². The molecule has 0 aromatic rings. The summed E-state index contributed by atoms with van der Waals surface area (Å²) < 4.78 is 0. The molecule has 2 saturated carbocycles. The van der Waals surface area contributed by atoms with Gasteiger partial charge in [0.1, 0.15) is 6.04 Å². The quantitative estimate of drug-likeness (QED) is 0.714. The lowest BCUT2D eigenvalue weighted by molar-refractivity contribution is -0.124. The predicted molar refractivity (Wildman–Crippen MR) is 71.8 cm³/mol. The van der Waals surface area contributed by atoms with Crippen LogP contribution in [0.15, 0.2) is 0 Å². The number of carbonyl (C=O) groups is 3. The van der Waals surface area contributed by atoms with Crippen LogP contribution in [0.3, 0.4) is 0 Å². The zero-order valence-electron chi connectivity index (χ0n) is 11.5. The molecule has 3 rings (SSSR count).